The van der Waals surface area contributed by atoms with Crippen LogP contribution in [-0.4, -0.2) is 20.4 Å². The first kappa shape index (κ1) is 16.9. The van der Waals surface area contributed by atoms with Gasteiger partial charge in [0.05, 0.1) is 11.0 Å². The second-order valence-corrected chi connectivity index (χ2v) is 5.54. The molecule has 1 amide bonds. The number of nitrogens with zero attached hydrogens (tertiary/aromatic N) is 3. The fraction of sp³-hybridized carbons (Fsp3) is 0.235. The summed E-state index contributed by atoms with van der Waals surface area (Å²) in [7, 11) is 0. The van der Waals surface area contributed by atoms with Crippen LogP contribution in [0.15, 0.2) is 48.8 Å². The Morgan fingerprint density at radius 1 is 1.20 bits per heavy atom. The SMILES string of the molecule is C[C@@H](C(=O)NCc1ccncc1)n1c(C(F)(F)F)nc2ccccc21. The largest absolute Gasteiger partial charge is 0.449 e. The minimum absolute atomic E-state index is 0.198. The smallest absolute Gasteiger partial charge is 0.350 e. The highest BCUT2D eigenvalue weighted by Crippen LogP contribution is 2.33. The van der Waals surface area contributed by atoms with Crippen LogP contribution in [-0.2, 0) is 17.5 Å². The molecule has 3 rings (SSSR count). The third-order valence-electron chi connectivity index (χ3n) is 3.83. The van der Waals surface area contributed by atoms with Gasteiger partial charge in [0.2, 0.25) is 11.7 Å². The minimum Gasteiger partial charge on any atom is -0.350 e. The number of para-hydroxylation sites is 2. The van der Waals surface area contributed by atoms with E-state index in [0.29, 0.717) is 0 Å². The van der Waals surface area contributed by atoms with Gasteiger partial charge in [-0.15, -0.1) is 0 Å². The number of hydrogen-bond acceptors (Lipinski definition) is 3. The van der Waals surface area contributed by atoms with E-state index in [9.17, 15) is 18.0 Å². The van der Waals surface area contributed by atoms with E-state index in [4.69, 9.17) is 0 Å². The third kappa shape index (κ3) is 3.47. The van der Waals surface area contributed by atoms with Crippen LogP contribution < -0.4 is 5.32 Å². The van der Waals surface area contributed by atoms with Gasteiger partial charge in [-0.25, -0.2) is 4.98 Å². The zero-order valence-corrected chi connectivity index (χ0v) is 13.3. The van der Waals surface area contributed by atoms with Crippen molar-refractivity contribution < 1.29 is 18.0 Å². The Hall–Kier alpha value is -2.90. The molecule has 0 bridgehead atoms. The average Bonchev–Trinajstić information content (AvgIpc) is 3.00. The first-order chi connectivity index (χ1) is 11.9. The van der Waals surface area contributed by atoms with Crippen LogP contribution >= 0.6 is 0 Å². The number of pyridine rings is 1. The Morgan fingerprint density at radius 3 is 2.56 bits per heavy atom. The van der Waals surface area contributed by atoms with Crippen LogP contribution in [0.5, 0.6) is 0 Å². The van der Waals surface area contributed by atoms with Crippen molar-refractivity contribution in [3.63, 3.8) is 0 Å². The van der Waals surface area contributed by atoms with Crippen molar-refractivity contribution in [2.24, 2.45) is 0 Å². The van der Waals surface area contributed by atoms with Crippen molar-refractivity contribution in [3.8, 4) is 0 Å². The van der Waals surface area contributed by atoms with E-state index in [2.05, 4.69) is 15.3 Å². The van der Waals surface area contributed by atoms with Gasteiger partial charge in [-0.3, -0.25) is 9.78 Å². The molecular formula is C17H15F3N4O. The van der Waals surface area contributed by atoms with Crippen LogP contribution in [0.3, 0.4) is 0 Å². The number of benzene rings is 1. The molecule has 0 spiro atoms. The number of nitrogens with one attached hydrogen (secondary N) is 1. The topological polar surface area (TPSA) is 59.8 Å². The summed E-state index contributed by atoms with van der Waals surface area (Å²) in [6.45, 7) is 1.63. The number of carbonyl (C=O) groups is 1. The Labute approximate surface area is 141 Å². The quantitative estimate of drug-likeness (QED) is 0.787. The summed E-state index contributed by atoms with van der Waals surface area (Å²) in [6, 6.07) is 8.60. The summed E-state index contributed by atoms with van der Waals surface area (Å²) in [5.74, 6) is -1.61. The maximum Gasteiger partial charge on any atom is 0.449 e. The predicted molar refractivity (Wildman–Crippen MR) is 85.5 cm³/mol. The van der Waals surface area contributed by atoms with Gasteiger partial charge in [-0.2, -0.15) is 13.2 Å². The highest BCUT2D eigenvalue weighted by Gasteiger charge is 2.39. The summed E-state index contributed by atoms with van der Waals surface area (Å²) in [5.41, 5.74) is 1.27. The van der Waals surface area contributed by atoms with E-state index in [0.717, 1.165) is 10.1 Å². The van der Waals surface area contributed by atoms with Gasteiger partial charge in [0.25, 0.3) is 0 Å². The van der Waals surface area contributed by atoms with Gasteiger partial charge in [0, 0.05) is 18.9 Å². The molecule has 0 radical (unpaired) electrons. The van der Waals surface area contributed by atoms with E-state index in [1.807, 2.05) is 0 Å². The molecule has 130 valence electrons. The van der Waals surface area contributed by atoms with Crippen molar-refractivity contribution >= 4 is 16.9 Å². The van der Waals surface area contributed by atoms with E-state index in [-0.39, 0.29) is 17.6 Å². The molecule has 2 aromatic heterocycles. The zero-order valence-electron chi connectivity index (χ0n) is 13.3. The van der Waals surface area contributed by atoms with Crippen molar-refractivity contribution in [3.05, 3.63) is 60.2 Å². The molecule has 0 saturated carbocycles. The van der Waals surface area contributed by atoms with E-state index in [1.165, 1.54) is 19.1 Å². The van der Waals surface area contributed by atoms with E-state index < -0.39 is 23.9 Å². The summed E-state index contributed by atoms with van der Waals surface area (Å²) in [4.78, 5) is 19.9. The van der Waals surface area contributed by atoms with Crippen LogP contribution in [0.2, 0.25) is 0 Å². The molecule has 3 aromatic rings. The van der Waals surface area contributed by atoms with Crippen LogP contribution in [0.25, 0.3) is 11.0 Å². The summed E-state index contributed by atoms with van der Waals surface area (Å²) >= 11 is 0. The zero-order chi connectivity index (χ0) is 18.0. The molecule has 1 aromatic carbocycles. The maximum atomic E-state index is 13.3. The number of fused-ring (bicyclic) bond motifs is 1. The lowest BCUT2D eigenvalue weighted by molar-refractivity contribution is -0.148. The Morgan fingerprint density at radius 2 is 1.88 bits per heavy atom. The van der Waals surface area contributed by atoms with Gasteiger partial charge < -0.3 is 9.88 Å². The molecule has 8 heteroatoms. The minimum atomic E-state index is -4.65. The monoisotopic (exact) mass is 348 g/mol. The van der Waals surface area contributed by atoms with Gasteiger partial charge in [-0.05, 0) is 36.8 Å². The lowest BCUT2D eigenvalue weighted by Crippen LogP contribution is -2.32. The van der Waals surface area contributed by atoms with Crippen molar-refractivity contribution in [2.45, 2.75) is 25.7 Å². The number of imidazole rings is 1. The second kappa shape index (κ2) is 6.54. The maximum absolute atomic E-state index is 13.3. The van der Waals surface area contributed by atoms with Crippen LogP contribution in [0.1, 0.15) is 24.4 Å². The normalized spacial score (nSPS) is 13.0. The molecular weight excluding hydrogens is 333 g/mol. The molecule has 5 nitrogen and oxygen atoms in total. The van der Waals surface area contributed by atoms with Gasteiger partial charge in [0.1, 0.15) is 6.04 Å². The Kier molecular flexibility index (Phi) is 4.43. The highest BCUT2D eigenvalue weighted by molar-refractivity contribution is 5.84. The number of aromatic nitrogens is 3. The van der Waals surface area contributed by atoms with Crippen molar-refractivity contribution in [1.29, 1.82) is 0 Å². The van der Waals surface area contributed by atoms with Crippen LogP contribution in [0, 0.1) is 0 Å². The molecule has 0 aliphatic carbocycles. The Bertz CT molecular complexity index is 890. The lowest BCUT2D eigenvalue weighted by atomic mass is 10.2. The number of alkyl halides is 3. The molecule has 0 fully saturated rings. The molecule has 2 heterocycles. The molecule has 0 aliphatic rings. The fourth-order valence-electron chi connectivity index (χ4n) is 2.59. The number of rotatable bonds is 4. The summed E-state index contributed by atoms with van der Waals surface area (Å²) in [6.07, 6.45) is -1.50. The second-order valence-electron chi connectivity index (χ2n) is 5.54. The molecule has 0 saturated heterocycles. The summed E-state index contributed by atoms with van der Waals surface area (Å²) < 4.78 is 40.9. The standard InChI is InChI=1S/C17H15F3N4O/c1-11(15(25)22-10-12-6-8-21-9-7-12)24-14-5-3-2-4-13(14)23-16(24)17(18,19)20/h2-9,11H,10H2,1H3,(H,22,25)/t11-/m0/s1. The number of halogens is 3. The van der Waals surface area contributed by atoms with Gasteiger partial charge >= 0.3 is 6.18 Å². The number of amides is 1. The first-order valence-electron chi connectivity index (χ1n) is 7.58. The number of carbonyl (C=O) groups excluding carboxylic acids is 1. The predicted octanol–water partition coefficient (Wildman–Crippen LogP) is 3.33. The average molecular weight is 348 g/mol. The number of hydrogen-bond donors (Lipinski definition) is 1. The molecule has 0 aliphatic heterocycles. The van der Waals surface area contributed by atoms with E-state index >= 15 is 0 Å². The third-order valence-corrected chi connectivity index (χ3v) is 3.83. The molecule has 25 heavy (non-hydrogen) atoms. The summed E-state index contributed by atoms with van der Waals surface area (Å²) in [5, 5.41) is 2.65. The van der Waals surface area contributed by atoms with Crippen molar-refractivity contribution in [1.82, 2.24) is 19.9 Å². The molecule has 1 N–H and O–H groups in total. The molecule has 0 unspecified atom stereocenters. The van der Waals surface area contributed by atoms with Crippen molar-refractivity contribution in [2.75, 3.05) is 0 Å². The van der Waals surface area contributed by atoms with E-state index in [1.54, 1.807) is 36.7 Å². The lowest BCUT2D eigenvalue weighted by Gasteiger charge is -2.18. The highest BCUT2D eigenvalue weighted by atomic mass is 19.4. The first-order valence-corrected chi connectivity index (χ1v) is 7.58. The Balaban J connectivity index is 1.90. The van der Waals surface area contributed by atoms with Gasteiger partial charge in [0.15, 0.2) is 0 Å². The fourth-order valence-corrected chi connectivity index (χ4v) is 2.59. The molecule has 1 atom stereocenters. The van der Waals surface area contributed by atoms with Crippen LogP contribution in [0.4, 0.5) is 13.2 Å². The van der Waals surface area contributed by atoms with Gasteiger partial charge in [-0.1, -0.05) is 12.1 Å².